The molecule has 0 aliphatic heterocycles. The lowest BCUT2D eigenvalue weighted by Gasteiger charge is -2.21. The number of halogens is 1. The highest BCUT2D eigenvalue weighted by Gasteiger charge is 2.16. The molecule has 0 unspecified atom stereocenters. The number of nitrogens with zero attached hydrogens (tertiary/aromatic N) is 3. The van der Waals surface area contributed by atoms with Gasteiger partial charge >= 0.3 is 0 Å². The van der Waals surface area contributed by atoms with Gasteiger partial charge in [-0.05, 0) is 37.0 Å². The van der Waals surface area contributed by atoms with E-state index in [4.69, 9.17) is 0 Å². The van der Waals surface area contributed by atoms with E-state index < -0.39 is 0 Å². The van der Waals surface area contributed by atoms with Crippen molar-refractivity contribution in [3.8, 4) is 0 Å². The van der Waals surface area contributed by atoms with Crippen molar-refractivity contribution in [2.45, 2.75) is 69.3 Å². The normalized spacial score (nSPS) is 15.8. The molecular formula is C19H26FN3S. The van der Waals surface area contributed by atoms with Gasteiger partial charge in [-0.2, -0.15) is 0 Å². The fourth-order valence-electron chi connectivity index (χ4n) is 3.47. The van der Waals surface area contributed by atoms with Crippen LogP contribution in [0.3, 0.4) is 0 Å². The van der Waals surface area contributed by atoms with E-state index in [0.29, 0.717) is 0 Å². The Balaban J connectivity index is 1.57. The monoisotopic (exact) mass is 347 g/mol. The minimum Gasteiger partial charge on any atom is -0.306 e. The molecule has 0 spiro atoms. The first-order chi connectivity index (χ1) is 11.8. The van der Waals surface area contributed by atoms with Gasteiger partial charge < -0.3 is 4.57 Å². The first-order valence-electron chi connectivity index (χ1n) is 9.05. The van der Waals surface area contributed by atoms with Crippen LogP contribution in [0.25, 0.3) is 0 Å². The summed E-state index contributed by atoms with van der Waals surface area (Å²) in [7, 11) is 0. The van der Waals surface area contributed by atoms with Gasteiger partial charge in [-0.3, -0.25) is 0 Å². The minimum atomic E-state index is -0.189. The lowest BCUT2D eigenvalue weighted by molar-refractivity contribution is 0.335. The first-order valence-corrected chi connectivity index (χ1v) is 10.0. The molecule has 1 aliphatic rings. The van der Waals surface area contributed by atoms with E-state index in [1.165, 1.54) is 50.7 Å². The van der Waals surface area contributed by atoms with Crippen molar-refractivity contribution in [3.63, 3.8) is 0 Å². The number of thioether (sulfide) groups is 1. The molecule has 1 aromatic carbocycles. The van der Waals surface area contributed by atoms with Gasteiger partial charge in [0.15, 0.2) is 5.16 Å². The molecule has 1 saturated carbocycles. The van der Waals surface area contributed by atoms with Crippen molar-refractivity contribution in [3.05, 3.63) is 41.5 Å². The summed E-state index contributed by atoms with van der Waals surface area (Å²) in [4.78, 5) is 0. The van der Waals surface area contributed by atoms with Gasteiger partial charge in [-0.25, -0.2) is 4.39 Å². The quantitative estimate of drug-likeness (QED) is 0.642. The maximum Gasteiger partial charge on any atom is 0.191 e. The van der Waals surface area contributed by atoms with Crippen LogP contribution in [0.15, 0.2) is 29.4 Å². The molecule has 0 N–H and O–H groups in total. The summed E-state index contributed by atoms with van der Waals surface area (Å²) in [5.41, 5.74) is 1.11. The molecule has 0 amide bonds. The van der Waals surface area contributed by atoms with E-state index in [1.54, 1.807) is 11.8 Å². The number of hydrogen-bond acceptors (Lipinski definition) is 3. The molecule has 1 fully saturated rings. The van der Waals surface area contributed by atoms with Crippen LogP contribution in [0.1, 0.15) is 56.8 Å². The van der Waals surface area contributed by atoms with E-state index in [9.17, 15) is 4.39 Å². The Bertz CT molecular complexity index is 633. The zero-order valence-electron chi connectivity index (χ0n) is 14.4. The summed E-state index contributed by atoms with van der Waals surface area (Å²) in [6.07, 6.45) is 9.22. The van der Waals surface area contributed by atoms with Crippen LogP contribution in [0.5, 0.6) is 0 Å². The molecule has 0 saturated heterocycles. The van der Waals surface area contributed by atoms with Crippen molar-refractivity contribution in [2.75, 3.05) is 0 Å². The largest absolute Gasteiger partial charge is 0.306 e. The van der Waals surface area contributed by atoms with Gasteiger partial charge in [-0.1, -0.05) is 56.0 Å². The molecule has 5 heteroatoms. The number of benzene rings is 1. The van der Waals surface area contributed by atoms with Crippen LogP contribution in [0, 0.1) is 11.7 Å². The SMILES string of the molecule is CCn1c(CCC2CCCCC2)nnc1SCc1ccc(F)cc1. The van der Waals surface area contributed by atoms with E-state index >= 15 is 0 Å². The van der Waals surface area contributed by atoms with E-state index in [0.717, 1.165) is 41.2 Å². The third-order valence-electron chi connectivity index (χ3n) is 4.89. The van der Waals surface area contributed by atoms with Gasteiger partial charge in [0.2, 0.25) is 0 Å². The fraction of sp³-hybridized carbons (Fsp3) is 0.579. The van der Waals surface area contributed by atoms with Gasteiger partial charge in [0, 0.05) is 18.7 Å². The lowest BCUT2D eigenvalue weighted by atomic mass is 9.86. The second-order valence-corrected chi connectivity index (χ2v) is 7.54. The molecule has 2 aromatic rings. The third-order valence-corrected chi connectivity index (χ3v) is 5.93. The molecule has 24 heavy (non-hydrogen) atoms. The first kappa shape index (κ1) is 17.5. The van der Waals surface area contributed by atoms with Crippen molar-refractivity contribution in [2.24, 2.45) is 5.92 Å². The summed E-state index contributed by atoms with van der Waals surface area (Å²) in [5.74, 6) is 2.59. The van der Waals surface area contributed by atoms with Gasteiger partial charge in [0.1, 0.15) is 11.6 Å². The fourth-order valence-corrected chi connectivity index (χ4v) is 4.44. The molecule has 1 heterocycles. The Kier molecular flexibility index (Phi) is 6.30. The number of hydrogen-bond donors (Lipinski definition) is 0. The highest BCUT2D eigenvalue weighted by atomic mass is 32.2. The van der Waals surface area contributed by atoms with Crippen LogP contribution in [0.2, 0.25) is 0 Å². The molecule has 3 rings (SSSR count). The van der Waals surface area contributed by atoms with Gasteiger partial charge in [0.05, 0.1) is 0 Å². The Morgan fingerprint density at radius 1 is 1.12 bits per heavy atom. The predicted molar refractivity (Wildman–Crippen MR) is 96.6 cm³/mol. The lowest BCUT2D eigenvalue weighted by Crippen LogP contribution is -2.10. The molecule has 0 radical (unpaired) electrons. The second-order valence-electron chi connectivity index (χ2n) is 6.60. The average molecular weight is 348 g/mol. The van der Waals surface area contributed by atoms with Crippen LogP contribution in [-0.4, -0.2) is 14.8 Å². The average Bonchev–Trinajstić information content (AvgIpc) is 3.02. The second kappa shape index (κ2) is 8.65. The third kappa shape index (κ3) is 4.59. The highest BCUT2D eigenvalue weighted by Crippen LogP contribution is 2.28. The molecule has 0 bridgehead atoms. The summed E-state index contributed by atoms with van der Waals surface area (Å²) in [6.45, 7) is 3.05. The van der Waals surface area contributed by atoms with Crippen molar-refractivity contribution in [1.29, 1.82) is 0 Å². The Morgan fingerprint density at radius 2 is 1.88 bits per heavy atom. The smallest absolute Gasteiger partial charge is 0.191 e. The van der Waals surface area contributed by atoms with Gasteiger partial charge in [0.25, 0.3) is 0 Å². The Hall–Kier alpha value is -1.36. The van der Waals surface area contributed by atoms with Crippen molar-refractivity contribution in [1.82, 2.24) is 14.8 Å². The van der Waals surface area contributed by atoms with Crippen LogP contribution >= 0.6 is 11.8 Å². The Labute approximate surface area is 148 Å². The maximum absolute atomic E-state index is 13.0. The van der Waals surface area contributed by atoms with E-state index in [1.807, 2.05) is 12.1 Å². The number of aromatic nitrogens is 3. The molecule has 3 nitrogen and oxygen atoms in total. The summed E-state index contributed by atoms with van der Waals surface area (Å²) < 4.78 is 15.2. The van der Waals surface area contributed by atoms with Crippen LogP contribution in [0.4, 0.5) is 4.39 Å². The van der Waals surface area contributed by atoms with E-state index in [-0.39, 0.29) is 5.82 Å². The molecular weight excluding hydrogens is 321 g/mol. The maximum atomic E-state index is 13.0. The standard InChI is InChI=1S/C19H26FN3S/c1-2-23-18(13-10-15-6-4-3-5-7-15)21-22-19(23)24-14-16-8-11-17(20)12-9-16/h8-9,11-12,15H,2-7,10,13-14H2,1H3. The van der Waals surface area contributed by atoms with Crippen molar-refractivity contribution < 1.29 is 4.39 Å². The highest BCUT2D eigenvalue weighted by molar-refractivity contribution is 7.98. The Morgan fingerprint density at radius 3 is 2.58 bits per heavy atom. The van der Waals surface area contributed by atoms with Crippen LogP contribution < -0.4 is 0 Å². The summed E-state index contributed by atoms with van der Waals surface area (Å²) in [5, 5.41) is 9.79. The van der Waals surface area contributed by atoms with Crippen LogP contribution in [-0.2, 0) is 18.7 Å². The molecule has 1 aliphatic carbocycles. The molecule has 1 aromatic heterocycles. The summed E-state index contributed by atoms with van der Waals surface area (Å²) in [6, 6.07) is 6.68. The number of aryl methyl sites for hydroxylation is 1. The van der Waals surface area contributed by atoms with Crippen molar-refractivity contribution >= 4 is 11.8 Å². The zero-order chi connectivity index (χ0) is 16.8. The minimum absolute atomic E-state index is 0.189. The molecule has 0 atom stereocenters. The number of rotatable bonds is 7. The topological polar surface area (TPSA) is 30.7 Å². The zero-order valence-corrected chi connectivity index (χ0v) is 15.2. The predicted octanol–water partition coefficient (Wildman–Crippen LogP) is 5.24. The van der Waals surface area contributed by atoms with Gasteiger partial charge in [-0.15, -0.1) is 10.2 Å². The summed E-state index contributed by atoms with van der Waals surface area (Å²) >= 11 is 1.68. The molecule has 130 valence electrons. The van der Waals surface area contributed by atoms with E-state index in [2.05, 4.69) is 21.7 Å².